The lowest BCUT2D eigenvalue weighted by Crippen LogP contribution is -2.41. The number of piperidine rings is 1. The summed E-state index contributed by atoms with van der Waals surface area (Å²) in [7, 11) is 0. The van der Waals surface area contributed by atoms with Gasteiger partial charge in [-0.25, -0.2) is 14.6 Å². The molecule has 0 N–H and O–H groups in total. The second-order valence-electron chi connectivity index (χ2n) is 7.34. The highest BCUT2D eigenvalue weighted by Crippen LogP contribution is 2.28. The van der Waals surface area contributed by atoms with Crippen molar-refractivity contribution in [2.24, 2.45) is 5.92 Å². The Hall–Kier alpha value is -1.69. The number of aromatic nitrogens is 5. The molecule has 6 heteroatoms. The predicted octanol–water partition coefficient (Wildman–Crippen LogP) is 2.31. The van der Waals surface area contributed by atoms with Crippen molar-refractivity contribution in [1.29, 1.82) is 0 Å². The van der Waals surface area contributed by atoms with Crippen LogP contribution in [-0.2, 0) is 12.1 Å². The van der Waals surface area contributed by atoms with Gasteiger partial charge in [0.1, 0.15) is 12.2 Å². The summed E-state index contributed by atoms with van der Waals surface area (Å²) in [6, 6.07) is 0.488. The molecule has 1 aliphatic rings. The Bertz CT molecular complexity index is 594. The van der Waals surface area contributed by atoms with E-state index in [9.17, 15) is 0 Å². The van der Waals surface area contributed by atoms with Crippen molar-refractivity contribution in [2.45, 2.75) is 52.2 Å². The van der Waals surface area contributed by atoms with Crippen molar-refractivity contribution in [3.05, 3.63) is 30.9 Å². The monoisotopic (exact) mass is 302 g/mol. The molecule has 2 aromatic rings. The van der Waals surface area contributed by atoms with Gasteiger partial charge in [-0.3, -0.25) is 4.90 Å². The highest BCUT2D eigenvalue weighted by molar-refractivity contribution is 4.93. The van der Waals surface area contributed by atoms with E-state index in [-0.39, 0.29) is 5.54 Å². The molecule has 0 radical (unpaired) electrons. The Kier molecular flexibility index (Phi) is 4.04. The molecule has 0 saturated carbocycles. The van der Waals surface area contributed by atoms with Crippen LogP contribution < -0.4 is 0 Å². The number of nitrogens with zero attached hydrogens (tertiary/aromatic N) is 6. The lowest BCUT2D eigenvalue weighted by atomic mass is 9.93. The minimum Gasteiger partial charge on any atom is -0.333 e. The van der Waals surface area contributed by atoms with Crippen LogP contribution in [0.3, 0.4) is 0 Å². The number of imidazole rings is 1. The van der Waals surface area contributed by atoms with Crippen LogP contribution >= 0.6 is 0 Å². The summed E-state index contributed by atoms with van der Waals surface area (Å²) in [5, 5.41) is 4.40. The zero-order chi connectivity index (χ0) is 15.7. The fourth-order valence-corrected chi connectivity index (χ4v) is 3.25. The van der Waals surface area contributed by atoms with Gasteiger partial charge in [-0.15, -0.1) is 0 Å². The molecule has 1 saturated heterocycles. The van der Waals surface area contributed by atoms with E-state index in [1.165, 1.54) is 6.42 Å². The summed E-state index contributed by atoms with van der Waals surface area (Å²) in [6.45, 7) is 11.8. The van der Waals surface area contributed by atoms with Gasteiger partial charge in [0.2, 0.25) is 0 Å². The van der Waals surface area contributed by atoms with Crippen molar-refractivity contribution < 1.29 is 0 Å². The van der Waals surface area contributed by atoms with E-state index in [0.717, 1.165) is 25.5 Å². The molecule has 3 rings (SSSR count). The van der Waals surface area contributed by atoms with Crippen LogP contribution in [-0.4, -0.2) is 42.3 Å². The molecule has 22 heavy (non-hydrogen) atoms. The van der Waals surface area contributed by atoms with Gasteiger partial charge in [-0.1, -0.05) is 6.92 Å². The van der Waals surface area contributed by atoms with Crippen LogP contribution in [0.25, 0.3) is 0 Å². The highest BCUT2D eigenvalue weighted by atomic mass is 15.4. The highest BCUT2D eigenvalue weighted by Gasteiger charge is 2.29. The number of rotatable bonds is 3. The van der Waals surface area contributed by atoms with E-state index < -0.39 is 0 Å². The third kappa shape index (κ3) is 3.06. The fraction of sp³-hybridized carbons (Fsp3) is 0.688. The van der Waals surface area contributed by atoms with Gasteiger partial charge in [-0.05, 0) is 39.7 Å². The van der Waals surface area contributed by atoms with Gasteiger partial charge in [0, 0.05) is 25.0 Å². The van der Waals surface area contributed by atoms with E-state index in [0.29, 0.717) is 12.0 Å². The van der Waals surface area contributed by atoms with Gasteiger partial charge < -0.3 is 4.57 Å². The van der Waals surface area contributed by atoms with E-state index in [2.05, 4.69) is 58.4 Å². The maximum atomic E-state index is 4.47. The molecule has 6 nitrogen and oxygen atoms in total. The summed E-state index contributed by atoms with van der Waals surface area (Å²) >= 11 is 0. The molecule has 2 atom stereocenters. The molecule has 1 aliphatic heterocycles. The number of likely N-dealkylation sites (tertiary alicyclic amines) is 1. The standard InChI is InChI=1S/C16H26N6/c1-13-5-7-20(9-14(13)21-8-6-17-12-21)10-15-18-11-19-22(15)16(2,3)4/h6,8,11-14H,5,7,9-10H2,1-4H3/t13-,14+/m1/s1. The van der Waals surface area contributed by atoms with Crippen LogP contribution in [0.5, 0.6) is 0 Å². The van der Waals surface area contributed by atoms with Crippen LogP contribution in [0, 0.1) is 5.92 Å². The van der Waals surface area contributed by atoms with Gasteiger partial charge in [0.05, 0.1) is 18.4 Å². The first kappa shape index (κ1) is 15.2. The summed E-state index contributed by atoms with van der Waals surface area (Å²) in [5.74, 6) is 1.72. The topological polar surface area (TPSA) is 51.8 Å². The molecule has 0 spiro atoms. The van der Waals surface area contributed by atoms with Gasteiger partial charge in [-0.2, -0.15) is 5.10 Å². The fourth-order valence-electron chi connectivity index (χ4n) is 3.25. The second kappa shape index (κ2) is 5.83. The SMILES string of the molecule is C[C@@H]1CCN(Cc2ncnn2C(C)(C)C)C[C@@H]1n1ccnc1. The van der Waals surface area contributed by atoms with Crippen molar-refractivity contribution in [1.82, 2.24) is 29.2 Å². The minimum atomic E-state index is -0.0291. The molecule has 2 aromatic heterocycles. The van der Waals surface area contributed by atoms with Crippen molar-refractivity contribution >= 4 is 0 Å². The van der Waals surface area contributed by atoms with Crippen molar-refractivity contribution in [2.75, 3.05) is 13.1 Å². The average molecular weight is 302 g/mol. The van der Waals surface area contributed by atoms with E-state index in [4.69, 9.17) is 0 Å². The molecule has 0 aliphatic carbocycles. The van der Waals surface area contributed by atoms with E-state index >= 15 is 0 Å². The lowest BCUT2D eigenvalue weighted by Gasteiger charge is -2.37. The third-order valence-electron chi connectivity index (χ3n) is 4.53. The second-order valence-corrected chi connectivity index (χ2v) is 7.34. The quantitative estimate of drug-likeness (QED) is 0.873. The summed E-state index contributed by atoms with van der Waals surface area (Å²) in [5.41, 5.74) is -0.0291. The Morgan fingerprint density at radius 2 is 2.14 bits per heavy atom. The maximum Gasteiger partial charge on any atom is 0.141 e. The van der Waals surface area contributed by atoms with Crippen LogP contribution in [0.15, 0.2) is 25.0 Å². The molecular formula is C16H26N6. The third-order valence-corrected chi connectivity index (χ3v) is 4.53. The van der Waals surface area contributed by atoms with Crippen LogP contribution in [0.4, 0.5) is 0 Å². The molecule has 0 unspecified atom stereocenters. The largest absolute Gasteiger partial charge is 0.333 e. The zero-order valence-electron chi connectivity index (χ0n) is 14.0. The smallest absolute Gasteiger partial charge is 0.141 e. The molecular weight excluding hydrogens is 276 g/mol. The minimum absolute atomic E-state index is 0.0291. The van der Waals surface area contributed by atoms with Crippen molar-refractivity contribution in [3.8, 4) is 0 Å². The summed E-state index contributed by atoms with van der Waals surface area (Å²) < 4.78 is 4.28. The number of hydrogen-bond acceptors (Lipinski definition) is 4. The number of hydrogen-bond donors (Lipinski definition) is 0. The predicted molar refractivity (Wildman–Crippen MR) is 85.3 cm³/mol. The summed E-state index contributed by atoms with van der Waals surface area (Å²) in [6.07, 6.45) is 8.74. The van der Waals surface area contributed by atoms with Crippen molar-refractivity contribution in [3.63, 3.8) is 0 Å². The lowest BCUT2D eigenvalue weighted by molar-refractivity contribution is 0.120. The van der Waals surface area contributed by atoms with E-state index in [1.807, 2.05) is 17.2 Å². The Morgan fingerprint density at radius 1 is 1.32 bits per heavy atom. The molecule has 0 amide bonds. The Labute approximate surface area is 132 Å². The first-order valence-corrected chi connectivity index (χ1v) is 8.04. The molecule has 0 aromatic carbocycles. The first-order valence-electron chi connectivity index (χ1n) is 8.04. The van der Waals surface area contributed by atoms with Gasteiger partial charge in [0.15, 0.2) is 0 Å². The Morgan fingerprint density at radius 3 is 2.82 bits per heavy atom. The molecule has 120 valence electrons. The van der Waals surface area contributed by atoms with Crippen LogP contribution in [0.2, 0.25) is 0 Å². The molecule has 1 fully saturated rings. The zero-order valence-corrected chi connectivity index (χ0v) is 14.0. The molecule has 3 heterocycles. The molecule has 0 bridgehead atoms. The Balaban J connectivity index is 1.73. The first-order chi connectivity index (χ1) is 10.4. The normalized spacial score (nSPS) is 23.8. The summed E-state index contributed by atoms with van der Waals surface area (Å²) in [4.78, 5) is 11.2. The maximum absolute atomic E-state index is 4.47. The van der Waals surface area contributed by atoms with Gasteiger partial charge >= 0.3 is 0 Å². The van der Waals surface area contributed by atoms with Crippen LogP contribution in [0.1, 0.15) is 46.0 Å². The average Bonchev–Trinajstić information content (AvgIpc) is 3.11. The van der Waals surface area contributed by atoms with E-state index in [1.54, 1.807) is 6.33 Å². The van der Waals surface area contributed by atoms with Gasteiger partial charge in [0.25, 0.3) is 0 Å².